The molecule has 1 aliphatic rings. The maximum atomic E-state index is 13.3. The zero-order valence-corrected chi connectivity index (χ0v) is 19.4. The third-order valence-corrected chi connectivity index (χ3v) is 6.25. The fourth-order valence-electron chi connectivity index (χ4n) is 4.13. The molecule has 13 heteroatoms. The molecule has 3 rings (SSSR count). The molecule has 1 fully saturated rings. The summed E-state index contributed by atoms with van der Waals surface area (Å²) >= 11 is 12.1. The number of rotatable bonds is 3. The predicted octanol–water partition coefficient (Wildman–Crippen LogP) is 6.64. The molecule has 2 aromatic rings. The van der Waals surface area contributed by atoms with Gasteiger partial charge in [0.1, 0.15) is 0 Å². The number of benzene rings is 2. The Balaban J connectivity index is 2.03. The van der Waals surface area contributed by atoms with Gasteiger partial charge < -0.3 is 14.9 Å². The average molecular weight is 543 g/mol. The van der Waals surface area contributed by atoms with E-state index in [0.717, 1.165) is 9.80 Å². The Morgan fingerprint density at radius 3 is 1.91 bits per heavy atom. The summed E-state index contributed by atoms with van der Waals surface area (Å²) in [6.07, 6.45) is -11.4. The summed E-state index contributed by atoms with van der Waals surface area (Å²) in [5, 5.41) is 9.89. The van der Waals surface area contributed by atoms with Gasteiger partial charge in [0.05, 0.1) is 11.1 Å². The van der Waals surface area contributed by atoms with Crippen LogP contribution in [0.4, 0.5) is 31.1 Å². The van der Waals surface area contributed by atoms with Gasteiger partial charge in [0, 0.05) is 47.7 Å². The van der Waals surface area contributed by atoms with E-state index >= 15 is 0 Å². The van der Waals surface area contributed by atoms with E-state index in [1.165, 1.54) is 25.2 Å². The third kappa shape index (κ3) is 6.13. The molecule has 1 saturated heterocycles. The van der Waals surface area contributed by atoms with Gasteiger partial charge in [0.15, 0.2) is 0 Å². The number of likely N-dealkylation sites (tertiary alicyclic amines) is 1. The summed E-state index contributed by atoms with van der Waals surface area (Å²) < 4.78 is 79.5. The first-order chi connectivity index (χ1) is 16.1. The Kier molecular flexibility index (Phi) is 7.52. The standard InChI is InChI=1S/C22H18Cl2F6N2O3/c1-31(19(33)12-4-13(21(25,26)27)8-14(5-12)22(28,29)30)18-2-3-32(20(34)35)10-17(18)11-6-15(23)9-16(24)7-11/h4-9,17-18H,2-3,10H2,1H3,(H,34,35). The zero-order valence-electron chi connectivity index (χ0n) is 17.9. The van der Waals surface area contributed by atoms with E-state index in [1.807, 2.05) is 0 Å². The molecule has 2 unspecified atom stereocenters. The summed E-state index contributed by atoms with van der Waals surface area (Å²) in [5.74, 6) is -1.77. The molecule has 0 aromatic heterocycles. The van der Waals surface area contributed by atoms with Crippen LogP contribution in [-0.2, 0) is 12.4 Å². The minimum absolute atomic E-state index is 0.00118. The van der Waals surface area contributed by atoms with Crippen LogP contribution in [0.1, 0.15) is 39.4 Å². The van der Waals surface area contributed by atoms with E-state index in [9.17, 15) is 41.0 Å². The summed E-state index contributed by atoms with van der Waals surface area (Å²) in [5.41, 5.74) is -3.54. The molecule has 0 spiro atoms. The third-order valence-electron chi connectivity index (χ3n) is 5.81. The fraction of sp³-hybridized carbons (Fsp3) is 0.364. The Hall–Kier alpha value is -2.66. The van der Waals surface area contributed by atoms with E-state index < -0.39 is 53.0 Å². The molecular formula is C22H18Cl2F6N2O3. The minimum atomic E-state index is -5.11. The van der Waals surface area contributed by atoms with Crippen LogP contribution in [0.5, 0.6) is 0 Å². The van der Waals surface area contributed by atoms with Gasteiger partial charge in [-0.3, -0.25) is 4.79 Å². The number of hydrogen-bond donors (Lipinski definition) is 1. The number of halogens is 8. The lowest BCUT2D eigenvalue weighted by atomic mass is 9.85. The van der Waals surface area contributed by atoms with Crippen molar-refractivity contribution in [2.75, 3.05) is 20.1 Å². The molecule has 0 aliphatic carbocycles. The number of alkyl halides is 6. The predicted molar refractivity (Wildman–Crippen MR) is 116 cm³/mol. The zero-order chi connectivity index (χ0) is 26.3. The van der Waals surface area contributed by atoms with Gasteiger partial charge in [-0.1, -0.05) is 23.2 Å². The van der Waals surface area contributed by atoms with Crippen LogP contribution >= 0.6 is 23.2 Å². The van der Waals surface area contributed by atoms with Crippen LogP contribution < -0.4 is 0 Å². The second-order valence-corrected chi connectivity index (χ2v) is 8.98. The van der Waals surface area contributed by atoms with Crippen molar-refractivity contribution in [1.82, 2.24) is 9.80 Å². The Labute approximate surface area is 205 Å². The number of carbonyl (C=O) groups is 2. The van der Waals surface area contributed by atoms with Crippen molar-refractivity contribution in [3.05, 3.63) is 68.7 Å². The number of likely N-dealkylation sites (N-methyl/N-ethyl adjacent to an activating group) is 1. The first-order valence-electron chi connectivity index (χ1n) is 10.1. The minimum Gasteiger partial charge on any atom is -0.465 e. The van der Waals surface area contributed by atoms with Crippen molar-refractivity contribution in [3.8, 4) is 0 Å². The van der Waals surface area contributed by atoms with Gasteiger partial charge in [-0.15, -0.1) is 0 Å². The topological polar surface area (TPSA) is 60.9 Å². The van der Waals surface area contributed by atoms with Crippen molar-refractivity contribution in [2.24, 2.45) is 0 Å². The Morgan fingerprint density at radius 1 is 0.943 bits per heavy atom. The van der Waals surface area contributed by atoms with Gasteiger partial charge in [-0.25, -0.2) is 4.79 Å². The molecule has 2 aromatic carbocycles. The van der Waals surface area contributed by atoms with Crippen molar-refractivity contribution in [3.63, 3.8) is 0 Å². The summed E-state index contributed by atoms with van der Waals surface area (Å²) in [6.45, 7) is -0.0938. The van der Waals surface area contributed by atoms with Crippen LogP contribution in [0.25, 0.3) is 0 Å². The molecule has 35 heavy (non-hydrogen) atoms. The van der Waals surface area contributed by atoms with E-state index in [4.69, 9.17) is 23.2 Å². The molecule has 0 saturated carbocycles. The summed E-state index contributed by atoms with van der Waals surface area (Å²) in [7, 11) is 1.25. The van der Waals surface area contributed by atoms with E-state index in [0.29, 0.717) is 17.7 Å². The van der Waals surface area contributed by atoms with Crippen LogP contribution in [0, 0.1) is 0 Å². The molecule has 0 radical (unpaired) electrons. The number of piperidine rings is 1. The SMILES string of the molecule is CN(C(=O)c1cc(C(F)(F)F)cc(C(F)(F)F)c1)C1CCN(C(=O)O)CC1c1cc(Cl)cc(Cl)c1. The molecule has 0 bridgehead atoms. The highest BCUT2D eigenvalue weighted by Crippen LogP contribution is 2.38. The van der Waals surface area contributed by atoms with Crippen molar-refractivity contribution >= 4 is 35.2 Å². The molecular weight excluding hydrogens is 525 g/mol. The smallest absolute Gasteiger partial charge is 0.416 e. The number of carbonyl (C=O) groups excluding carboxylic acids is 1. The number of nitrogens with zero attached hydrogens (tertiary/aromatic N) is 2. The maximum absolute atomic E-state index is 13.3. The molecule has 2 atom stereocenters. The Morgan fingerprint density at radius 2 is 1.46 bits per heavy atom. The average Bonchev–Trinajstić information content (AvgIpc) is 2.75. The monoisotopic (exact) mass is 542 g/mol. The lowest BCUT2D eigenvalue weighted by Crippen LogP contribution is -2.51. The fourth-order valence-corrected chi connectivity index (χ4v) is 4.67. The lowest BCUT2D eigenvalue weighted by Gasteiger charge is -2.42. The second-order valence-electron chi connectivity index (χ2n) is 8.10. The first kappa shape index (κ1) is 26.9. The van der Waals surface area contributed by atoms with Crippen LogP contribution in [0.15, 0.2) is 36.4 Å². The van der Waals surface area contributed by atoms with Gasteiger partial charge >= 0.3 is 18.4 Å². The Bertz CT molecular complexity index is 1090. The van der Waals surface area contributed by atoms with E-state index in [-0.39, 0.29) is 35.6 Å². The number of hydrogen-bond acceptors (Lipinski definition) is 2. The summed E-state index contributed by atoms with van der Waals surface area (Å²) in [4.78, 5) is 26.8. The van der Waals surface area contributed by atoms with Crippen molar-refractivity contribution in [1.29, 1.82) is 0 Å². The highest BCUT2D eigenvalue weighted by molar-refractivity contribution is 6.34. The van der Waals surface area contributed by atoms with Crippen molar-refractivity contribution in [2.45, 2.75) is 30.7 Å². The number of amides is 2. The van der Waals surface area contributed by atoms with Crippen LogP contribution in [0.2, 0.25) is 10.0 Å². The largest absolute Gasteiger partial charge is 0.465 e. The molecule has 2 amide bonds. The van der Waals surface area contributed by atoms with Crippen molar-refractivity contribution < 1.29 is 41.0 Å². The summed E-state index contributed by atoms with van der Waals surface area (Å²) in [6, 6.07) is 4.38. The van der Waals surface area contributed by atoms with E-state index in [1.54, 1.807) is 0 Å². The quantitative estimate of drug-likeness (QED) is 0.442. The molecule has 1 aliphatic heterocycles. The second kappa shape index (κ2) is 9.77. The highest BCUT2D eigenvalue weighted by atomic mass is 35.5. The van der Waals surface area contributed by atoms with Crippen LogP contribution in [-0.4, -0.2) is 53.1 Å². The maximum Gasteiger partial charge on any atom is 0.416 e. The first-order valence-corrected chi connectivity index (χ1v) is 10.8. The highest BCUT2D eigenvalue weighted by Gasteiger charge is 2.40. The molecule has 190 valence electrons. The molecule has 1 heterocycles. The normalized spacial score (nSPS) is 18.9. The van der Waals surface area contributed by atoms with Crippen LogP contribution in [0.3, 0.4) is 0 Å². The van der Waals surface area contributed by atoms with Gasteiger partial charge in [0.2, 0.25) is 0 Å². The lowest BCUT2D eigenvalue weighted by molar-refractivity contribution is -0.143. The van der Waals surface area contributed by atoms with Gasteiger partial charge in [-0.2, -0.15) is 26.3 Å². The van der Waals surface area contributed by atoms with Gasteiger partial charge in [0.25, 0.3) is 5.91 Å². The van der Waals surface area contributed by atoms with Gasteiger partial charge in [-0.05, 0) is 48.4 Å². The van der Waals surface area contributed by atoms with E-state index in [2.05, 4.69) is 0 Å². The number of carboxylic acid groups (broad SMARTS) is 1. The molecule has 1 N–H and O–H groups in total. The molecule has 5 nitrogen and oxygen atoms in total.